The summed E-state index contributed by atoms with van der Waals surface area (Å²) in [5.74, 6) is 0.510. The van der Waals surface area contributed by atoms with Crippen LogP contribution in [-0.4, -0.2) is 16.0 Å². The van der Waals surface area contributed by atoms with Gasteiger partial charge in [0.2, 0.25) is 11.7 Å². The highest BCUT2D eigenvalue weighted by Gasteiger charge is 2.20. The fourth-order valence-electron chi connectivity index (χ4n) is 3.23. The molecule has 1 aromatic heterocycles. The minimum absolute atomic E-state index is 0.0379. The fraction of sp³-hybridized carbons (Fsp3) is 0.348. The van der Waals surface area contributed by atoms with Gasteiger partial charge in [0, 0.05) is 16.7 Å². The van der Waals surface area contributed by atoms with E-state index in [9.17, 15) is 4.79 Å². The number of nitrogens with zero attached hydrogens (tertiary/aromatic N) is 2. The van der Waals surface area contributed by atoms with Crippen LogP contribution >= 0.6 is 0 Å². The van der Waals surface area contributed by atoms with Crippen LogP contribution in [0.2, 0.25) is 0 Å². The number of amides is 1. The summed E-state index contributed by atoms with van der Waals surface area (Å²) in [5, 5.41) is 4.16. The summed E-state index contributed by atoms with van der Waals surface area (Å²) < 4.78 is 5.45. The highest BCUT2D eigenvalue weighted by Crippen LogP contribution is 2.31. The Morgan fingerprint density at radius 2 is 1.75 bits per heavy atom. The molecule has 0 saturated heterocycles. The maximum atomic E-state index is 11.2. The van der Waals surface area contributed by atoms with E-state index in [4.69, 9.17) is 10.3 Å². The van der Waals surface area contributed by atoms with Crippen molar-refractivity contribution in [2.75, 3.05) is 0 Å². The van der Waals surface area contributed by atoms with Gasteiger partial charge in [-0.15, -0.1) is 0 Å². The van der Waals surface area contributed by atoms with E-state index in [-0.39, 0.29) is 5.41 Å². The van der Waals surface area contributed by atoms with Gasteiger partial charge >= 0.3 is 0 Å². The lowest BCUT2D eigenvalue weighted by molar-refractivity contribution is 0.100. The predicted octanol–water partition coefficient (Wildman–Crippen LogP) is 5.14. The zero-order valence-corrected chi connectivity index (χ0v) is 17.0. The number of hydrogen-bond donors (Lipinski definition) is 1. The summed E-state index contributed by atoms with van der Waals surface area (Å²) in [6.07, 6.45) is 3.43. The molecule has 0 fully saturated rings. The first-order valence-electron chi connectivity index (χ1n) is 9.67. The second-order valence-corrected chi connectivity index (χ2v) is 8.09. The first kappa shape index (κ1) is 19.8. The van der Waals surface area contributed by atoms with E-state index in [0.29, 0.717) is 17.3 Å². The summed E-state index contributed by atoms with van der Waals surface area (Å²) in [5.41, 5.74) is 10.1. The quantitative estimate of drug-likeness (QED) is 0.644. The van der Waals surface area contributed by atoms with E-state index < -0.39 is 5.91 Å². The third kappa shape index (κ3) is 4.30. The minimum Gasteiger partial charge on any atom is -0.366 e. The van der Waals surface area contributed by atoms with Crippen LogP contribution in [0.4, 0.5) is 0 Å². The summed E-state index contributed by atoms with van der Waals surface area (Å²) in [4.78, 5) is 15.8. The smallest absolute Gasteiger partial charge is 0.258 e. The Bertz CT molecular complexity index is 966. The van der Waals surface area contributed by atoms with Crippen molar-refractivity contribution >= 4 is 5.91 Å². The number of carbonyl (C=O) groups is 1. The summed E-state index contributed by atoms with van der Waals surface area (Å²) in [6.45, 7) is 8.89. The summed E-state index contributed by atoms with van der Waals surface area (Å²) in [6, 6.07) is 13.2. The van der Waals surface area contributed by atoms with Crippen molar-refractivity contribution in [1.29, 1.82) is 0 Å². The number of aromatic nitrogens is 2. The molecule has 0 unspecified atom stereocenters. The van der Waals surface area contributed by atoms with Gasteiger partial charge in [-0.3, -0.25) is 4.79 Å². The SMILES string of the molecule is CCCCc1ccc(-c2noc(-c3ccc(C(N)=O)cc3)n2)cc1C(C)(C)C. The number of hydrogen-bond acceptors (Lipinski definition) is 4. The number of carbonyl (C=O) groups excluding carboxylic acids is 1. The Kier molecular flexibility index (Phi) is 5.63. The third-order valence-corrected chi connectivity index (χ3v) is 4.82. The highest BCUT2D eigenvalue weighted by atomic mass is 16.5. The van der Waals surface area contributed by atoms with Crippen molar-refractivity contribution < 1.29 is 9.32 Å². The second-order valence-electron chi connectivity index (χ2n) is 8.09. The van der Waals surface area contributed by atoms with E-state index in [1.165, 1.54) is 24.0 Å². The molecule has 3 aromatic rings. The predicted molar refractivity (Wildman–Crippen MR) is 111 cm³/mol. The topological polar surface area (TPSA) is 82.0 Å². The lowest BCUT2D eigenvalue weighted by Crippen LogP contribution is -2.14. The Hall–Kier alpha value is -2.95. The third-order valence-electron chi connectivity index (χ3n) is 4.82. The van der Waals surface area contributed by atoms with Crippen molar-refractivity contribution in [3.05, 3.63) is 59.2 Å². The average molecular weight is 377 g/mol. The van der Waals surface area contributed by atoms with Gasteiger partial charge in [0.25, 0.3) is 5.89 Å². The standard InChI is InChI=1S/C23H27N3O2/c1-5-6-7-15-8-13-18(14-19(15)23(2,3)4)21-25-22(28-26-21)17-11-9-16(10-12-17)20(24)27/h8-14H,5-7H2,1-4H3,(H2,24,27). The highest BCUT2D eigenvalue weighted by molar-refractivity contribution is 5.93. The number of aryl methyl sites for hydroxylation is 1. The maximum Gasteiger partial charge on any atom is 0.258 e. The summed E-state index contributed by atoms with van der Waals surface area (Å²) in [7, 11) is 0. The van der Waals surface area contributed by atoms with E-state index in [0.717, 1.165) is 17.5 Å². The van der Waals surface area contributed by atoms with Gasteiger partial charge in [-0.2, -0.15) is 4.98 Å². The molecular formula is C23H27N3O2. The van der Waals surface area contributed by atoms with Crippen LogP contribution < -0.4 is 5.73 Å². The van der Waals surface area contributed by atoms with Gasteiger partial charge in [0.05, 0.1) is 0 Å². The van der Waals surface area contributed by atoms with Crippen LogP contribution in [0.1, 0.15) is 62.0 Å². The number of nitrogens with two attached hydrogens (primary N) is 1. The minimum atomic E-state index is -0.462. The van der Waals surface area contributed by atoms with Crippen LogP contribution in [0.15, 0.2) is 47.0 Å². The monoisotopic (exact) mass is 377 g/mol. The number of unbranched alkanes of at least 4 members (excludes halogenated alkanes) is 1. The lowest BCUT2D eigenvalue weighted by Gasteiger charge is -2.23. The number of rotatable bonds is 6. The molecule has 0 aliphatic rings. The lowest BCUT2D eigenvalue weighted by atomic mass is 9.81. The average Bonchev–Trinajstić information content (AvgIpc) is 3.15. The van der Waals surface area contributed by atoms with Gasteiger partial charge in [-0.25, -0.2) is 0 Å². The molecule has 1 heterocycles. The van der Waals surface area contributed by atoms with E-state index >= 15 is 0 Å². The molecule has 0 bridgehead atoms. The molecule has 1 amide bonds. The molecule has 5 heteroatoms. The molecule has 0 saturated carbocycles. The second kappa shape index (κ2) is 7.97. The number of benzene rings is 2. The first-order chi connectivity index (χ1) is 13.3. The van der Waals surface area contributed by atoms with Crippen molar-refractivity contribution in [3.8, 4) is 22.8 Å². The van der Waals surface area contributed by atoms with Gasteiger partial charge in [-0.05, 0) is 59.7 Å². The van der Waals surface area contributed by atoms with Crippen molar-refractivity contribution in [1.82, 2.24) is 10.1 Å². The number of primary amides is 1. The van der Waals surface area contributed by atoms with Crippen LogP contribution in [0.5, 0.6) is 0 Å². The largest absolute Gasteiger partial charge is 0.366 e. The zero-order chi connectivity index (χ0) is 20.3. The van der Waals surface area contributed by atoms with Crippen LogP contribution in [0.3, 0.4) is 0 Å². The van der Waals surface area contributed by atoms with Crippen LogP contribution in [0, 0.1) is 0 Å². The molecule has 5 nitrogen and oxygen atoms in total. The van der Waals surface area contributed by atoms with E-state index in [1.54, 1.807) is 24.3 Å². The molecular weight excluding hydrogens is 350 g/mol. The van der Waals surface area contributed by atoms with Crippen molar-refractivity contribution in [3.63, 3.8) is 0 Å². The molecule has 0 spiro atoms. The molecule has 2 N–H and O–H groups in total. The first-order valence-corrected chi connectivity index (χ1v) is 9.67. The normalized spacial score (nSPS) is 11.6. The van der Waals surface area contributed by atoms with Crippen molar-refractivity contribution in [2.24, 2.45) is 5.73 Å². The Labute approximate surface area is 166 Å². The Morgan fingerprint density at radius 3 is 2.36 bits per heavy atom. The van der Waals surface area contributed by atoms with Crippen molar-refractivity contribution in [2.45, 2.75) is 52.4 Å². The molecule has 0 aliphatic heterocycles. The zero-order valence-electron chi connectivity index (χ0n) is 17.0. The Balaban J connectivity index is 1.93. The van der Waals surface area contributed by atoms with Gasteiger partial charge in [0.1, 0.15) is 0 Å². The fourth-order valence-corrected chi connectivity index (χ4v) is 3.23. The molecule has 28 heavy (non-hydrogen) atoms. The van der Waals surface area contributed by atoms with E-state index in [1.807, 2.05) is 0 Å². The summed E-state index contributed by atoms with van der Waals surface area (Å²) >= 11 is 0. The Morgan fingerprint density at radius 1 is 1.07 bits per heavy atom. The van der Waals surface area contributed by atoms with Gasteiger partial charge < -0.3 is 10.3 Å². The van der Waals surface area contributed by atoms with Crippen LogP contribution in [-0.2, 0) is 11.8 Å². The molecule has 0 radical (unpaired) electrons. The van der Waals surface area contributed by atoms with Gasteiger partial charge in [0.15, 0.2) is 0 Å². The van der Waals surface area contributed by atoms with Crippen LogP contribution in [0.25, 0.3) is 22.8 Å². The molecule has 3 rings (SSSR count). The van der Waals surface area contributed by atoms with Gasteiger partial charge in [-0.1, -0.05) is 51.4 Å². The van der Waals surface area contributed by atoms with E-state index in [2.05, 4.69) is 56.0 Å². The maximum absolute atomic E-state index is 11.2. The molecule has 146 valence electrons. The molecule has 0 atom stereocenters. The molecule has 0 aliphatic carbocycles. The molecule has 2 aromatic carbocycles.